The third-order valence-electron chi connectivity index (χ3n) is 2.50. The van der Waals surface area contributed by atoms with E-state index in [9.17, 15) is 0 Å². The summed E-state index contributed by atoms with van der Waals surface area (Å²) >= 11 is 0. The molecule has 1 heterocycles. The molecule has 0 unspecified atom stereocenters. The summed E-state index contributed by atoms with van der Waals surface area (Å²) in [5.41, 5.74) is 1.09. The van der Waals surface area contributed by atoms with Crippen molar-refractivity contribution in [2.45, 2.75) is 34.1 Å². The van der Waals surface area contributed by atoms with Gasteiger partial charge in [-0.05, 0) is 31.8 Å². The molecule has 0 spiro atoms. The molecule has 0 saturated heterocycles. The lowest BCUT2D eigenvalue weighted by atomic mass is 9.90. The van der Waals surface area contributed by atoms with Crippen molar-refractivity contribution in [2.24, 2.45) is 5.41 Å². The summed E-state index contributed by atoms with van der Waals surface area (Å²) in [6, 6.07) is 0. The fraction of sp³-hybridized carbons (Fsp3) is 0.462. The molecule has 2 heteroatoms. The van der Waals surface area contributed by atoms with E-state index in [1.165, 1.54) is 0 Å². The minimum Gasteiger partial charge on any atom is -0.442 e. The second-order valence-electron chi connectivity index (χ2n) is 4.49. The van der Waals surface area contributed by atoms with Gasteiger partial charge in [0.25, 0.3) is 0 Å². The molecule has 1 rings (SSSR count). The van der Waals surface area contributed by atoms with Gasteiger partial charge in [-0.2, -0.15) is 0 Å². The Morgan fingerprint density at radius 1 is 1.40 bits per heavy atom. The quantitative estimate of drug-likeness (QED) is 0.696. The molecule has 0 radical (unpaired) electrons. The van der Waals surface area contributed by atoms with Crippen molar-refractivity contribution in [1.29, 1.82) is 0 Å². The highest BCUT2D eigenvalue weighted by Gasteiger charge is 2.10. The molecule has 0 aliphatic heterocycles. The van der Waals surface area contributed by atoms with Gasteiger partial charge in [0.15, 0.2) is 0 Å². The Morgan fingerprint density at radius 3 is 2.53 bits per heavy atom. The molecular weight excluding hydrogens is 186 g/mol. The second-order valence-corrected chi connectivity index (χ2v) is 4.49. The summed E-state index contributed by atoms with van der Waals surface area (Å²) in [5, 5.41) is 0. The van der Waals surface area contributed by atoms with Crippen molar-refractivity contribution in [2.75, 3.05) is 0 Å². The first kappa shape index (κ1) is 11.8. The smallest absolute Gasteiger partial charge is 0.218 e. The number of hydrogen-bond acceptors (Lipinski definition) is 2. The predicted molar refractivity (Wildman–Crippen MR) is 63.6 cm³/mol. The highest BCUT2D eigenvalue weighted by molar-refractivity contribution is 5.38. The van der Waals surface area contributed by atoms with E-state index >= 15 is 0 Å². The van der Waals surface area contributed by atoms with Crippen molar-refractivity contribution in [3.8, 4) is 0 Å². The van der Waals surface area contributed by atoms with Crippen LogP contribution in [-0.2, 0) is 0 Å². The van der Waals surface area contributed by atoms with Crippen LogP contribution >= 0.6 is 0 Å². The van der Waals surface area contributed by atoms with Crippen molar-refractivity contribution in [3.63, 3.8) is 0 Å². The Kier molecular flexibility index (Phi) is 3.51. The molecule has 0 aliphatic rings. The maximum Gasteiger partial charge on any atom is 0.218 e. The van der Waals surface area contributed by atoms with E-state index in [-0.39, 0.29) is 5.41 Å². The summed E-state index contributed by atoms with van der Waals surface area (Å²) in [5.74, 6) is 1.57. The highest BCUT2D eigenvalue weighted by Crippen LogP contribution is 2.22. The van der Waals surface area contributed by atoms with Gasteiger partial charge in [0, 0.05) is 0 Å². The molecule has 0 atom stereocenters. The minimum absolute atomic E-state index is 0.132. The van der Waals surface area contributed by atoms with Crippen LogP contribution in [0, 0.1) is 19.3 Å². The van der Waals surface area contributed by atoms with Gasteiger partial charge in [-0.25, -0.2) is 4.98 Å². The minimum atomic E-state index is 0.132. The maximum absolute atomic E-state index is 5.44. The van der Waals surface area contributed by atoms with Crippen molar-refractivity contribution in [1.82, 2.24) is 4.98 Å². The summed E-state index contributed by atoms with van der Waals surface area (Å²) in [7, 11) is 0. The number of oxazole rings is 1. The number of aromatic nitrogens is 1. The van der Waals surface area contributed by atoms with E-state index in [0.717, 1.165) is 17.9 Å². The van der Waals surface area contributed by atoms with Gasteiger partial charge in [-0.3, -0.25) is 0 Å². The highest BCUT2D eigenvalue weighted by atomic mass is 16.4. The standard InChI is InChI=1S/C13H19NO/c1-6-13(4,5)9-7-8-12-14-10(2)11(3)15-12/h6-8H,1,9H2,2-5H3/b8-7+. The van der Waals surface area contributed by atoms with Crippen LogP contribution in [0.3, 0.4) is 0 Å². The molecule has 15 heavy (non-hydrogen) atoms. The first-order valence-electron chi connectivity index (χ1n) is 5.19. The Hall–Kier alpha value is -1.31. The fourth-order valence-corrected chi connectivity index (χ4v) is 1.12. The molecule has 0 amide bonds. The first-order valence-corrected chi connectivity index (χ1v) is 5.19. The number of rotatable bonds is 4. The molecule has 0 N–H and O–H groups in total. The monoisotopic (exact) mass is 205 g/mol. The zero-order valence-electron chi connectivity index (χ0n) is 10.0. The van der Waals surface area contributed by atoms with Gasteiger partial charge < -0.3 is 4.42 Å². The maximum atomic E-state index is 5.44. The number of allylic oxidation sites excluding steroid dienone is 2. The van der Waals surface area contributed by atoms with Gasteiger partial charge in [0.1, 0.15) is 5.76 Å². The molecule has 82 valence electrons. The van der Waals surface area contributed by atoms with Crippen LogP contribution in [0.1, 0.15) is 37.6 Å². The van der Waals surface area contributed by atoms with Gasteiger partial charge in [-0.1, -0.05) is 26.0 Å². The van der Waals surface area contributed by atoms with Crippen molar-refractivity contribution < 1.29 is 4.42 Å². The Bertz CT molecular complexity index is 352. The summed E-state index contributed by atoms with van der Waals surface area (Å²) < 4.78 is 5.44. The zero-order chi connectivity index (χ0) is 11.5. The van der Waals surface area contributed by atoms with Crippen LogP contribution in [0.15, 0.2) is 23.1 Å². The van der Waals surface area contributed by atoms with E-state index in [1.807, 2.05) is 26.0 Å². The molecule has 0 aliphatic carbocycles. The lowest BCUT2D eigenvalue weighted by Crippen LogP contribution is -2.03. The topological polar surface area (TPSA) is 26.0 Å². The van der Waals surface area contributed by atoms with E-state index in [0.29, 0.717) is 5.89 Å². The Morgan fingerprint density at radius 2 is 2.07 bits per heavy atom. The van der Waals surface area contributed by atoms with Crippen LogP contribution in [0.25, 0.3) is 6.08 Å². The molecule has 0 aromatic carbocycles. The SMILES string of the molecule is C=CC(C)(C)C/C=C/c1nc(C)c(C)o1. The normalized spacial score (nSPS) is 12.3. The number of hydrogen-bond donors (Lipinski definition) is 0. The summed E-state index contributed by atoms with van der Waals surface area (Å²) in [6.07, 6.45) is 6.90. The van der Waals surface area contributed by atoms with Gasteiger partial charge >= 0.3 is 0 Å². The van der Waals surface area contributed by atoms with Gasteiger partial charge in [-0.15, -0.1) is 6.58 Å². The van der Waals surface area contributed by atoms with E-state index < -0.39 is 0 Å². The number of aryl methyl sites for hydroxylation is 2. The van der Waals surface area contributed by atoms with Crippen molar-refractivity contribution >= 4 is 6.08 Å². The third-order valence-corrected chi connectivity index (χ3v) is 2.50. The third kappa shape index (κ3) is 3.39. The lowest BCUT2D eigenvalue weighted by molar-refractivity contribution is 0.489. The largest absolute Gasteiger partial charge is 0.442 e. The fourth-order valence-electron chi connectivity index (χ4n) is 1.12. The first-order chi connectivity index (χ1) is 6.94. The van der Waals surface area contributed by atoms with Crippen LogP contribution < -0.4 is 0 Å². The lowest BCUT2D eigenvalue weighted by Gasteiger charge is -2.15. The molecule has 1 aromatic heterocycles. The van der Waals surface area contributed by atoms with Crippen molar-refractivity contribution in [3.05, 3.63) is 36.1 Å². The van der Waals surface area contributed by atoms with E-state index in [2.05, 4.69) is 31.5 Å². The average Bonchev–Trinajstić information content (AvgIpc) is 2.46. The molecular formula is C13H19NO. The molecule has 0 bridgehead atoms. The van der Waals surface area contributed by atoms with Gasteiger partial charge in [0.05, 0.1) is 5.69 Å². The van der Waals surface area contributed by atoms with Crippen LogP contribution in [0.5, 0.6) is 0 Å². The van der Waals surface area contributed by atoms with E-state index in [4.69, 9.17) is 4.42 Å². The summed E-state index contributed by atoms with van der Waals surface area (Å²) in [4.78, 5) is 4.28. The molecule has 0 saturated carbocycles. The number of nitrogens with zero attached hydrogens (tertiary/aromatic N) is 1. The Labute approximate surface area is 91.7 Å². The van der Waals surface area contributed by atoms with Crippen LogP contribution in [0.2, 0.25) is 0 Å². The van der Waals surface area contributed by atoms with Crippen LogP contribution in [0.4, 0.5) is 0 Å². The van der Waals surface area contributed by atoms with Crippen LogP contribution in [-0.4, -0.2) is 4.98 Å². The Balaban J connectivity index is 2.63. The molecule has 2 nitrogen and oxygen atoms in total. The zero-order valence-corrected chi connectivity index (χ0v) is 10.0. The summed E-state index contributed by atoms with van der Waals surface area (Å²) in [6.45, 7) is 12.0. The van der Waals surface area contributed by atoms with Gasteiger partial charge in [0.2, 0.25) is 5.89 Å². The molecule has 1 aromatic rings. The second kappa shape index (κ2) is 4.47. The average molecular weight is 205 g/mol. The van der Waals surface area contributed by atoms with E-state index in [1.54, 1.807) is 0 Å². The predicted octanol–water partition coefficient (Wildman–Crippen LogP) is 3.91. The molecule has 0 fully saturated rings.